The lowest BCUT2D eigenvalue weighted by Gasteiger charge is -2.09. The number of ether oxygens (including phenoxy) is 1. The fraction of sp³-hybridized carbons (Fsp3) is 0.615. The number of nitrogens with zero attached hydrogens (tertiary/aromatic N) is 5. The minimum atomic E-state index is 0.521. The molecule has 0 aromatic carbocycles. The first-order chi connectivity index (χ1) is 9.60. The summed E-state index contributed by atoms with van der Waals surface area (Å²) in [5.74, 6) is 1.39. The zero-order valence-electron chi connectivity index (χ0n) is 12.6. The summed E-state index contributed by atoms with van der Waals surface area (Å²) < 4.78 is 9.15. The SMILES string of the molecule is CCC(C)Sc1nnc(-c2cn(C)nc2OC)n1CC. The molecule has 0 spiro atoms. The van der Waals surface area contributed by atoms with Crippen molar-refractivity contribution < 1.29 is 4.74 Å². The van der Waals surface area contributed by atoms with Gasteiger partial charge in [-0.1, -0.05) is 25.6 Å². The van der Waals surface area contributed by atoms with Crippen LogP contribution in [0.4, 0.5) is 0 Å². The minimum Gasteiger partial charge on any atom is -0.479 e. The standard InChI is InChI=1S/C13H21N5OS/c1-6-9(3)20-13-15-14-11(18(13)7-2)10-8-17(4)16-12(10)19-5/h8-9H,6-7H2,1-5H3. The first-order valence-electron chi connectivity index (χ1n) is 6.78. The third kappa shape index (κ3) is 2.82. The lowest BCUT2D eigenvalue weighted by Crippen LogP contribution is -2.02. The molecule has 1 atom stereocenters. The van der Waals surface area contributed by atoms with Crippen molar-refractivity contribution in [3.05, 3.63) is 6.20 Å². The summed E-state index contributed by atoms with van der Waals surface area (Å²) >= 11 is 1.75. The first kappa shape index (κ1) is 14.9. The number of rotatable bonds is 6. The molecule has 20 heavy (non-hydrogen) atoms. The molecule has 7 heteroatoms. The van der Waals surface area contributed by atoms with Crippen molar-refractivity contribution in [1.82, 2.24) is 24.5 Å². The van der Waals surface area contributed by atoms with Gasteiger partial charge in [0, 0.05) is 25.0 Å². The van der Waals surface area contributed by atoms with Gasteiger partial charge in [-0.3, -0.25) is 4.68 Å². The van der Waals surface area contributed by atoms with E-state index < -0.39 is 0 Å². The quantitative estimate of drug-likeness (QED) is 0.767. The molecule has 0 saturated heterocycles. The third-order valence-corrected chi connectivity index (χ3v) is 4.39. The van der Waals surface area contributed by atoms with E-state index >= 15 is 0 Å². The van der Waals surface area contributed by atoms with Crippen LogP contribution in [0.5, 0.6) is 5.88 Å². The number of hydrogen-bond donors (Lipinski definition) is 0. The Balaban J connectivity index is 2.41. The molecule has 2 aromatic rings. The van der Waals surface area contributed by atoms with Crippen LogP contribution in [0.15, 0.2) is 11.4 Å². The van der Waals surface area contributed by atoms with Crippen LogP contribution in [0.1, 0.15) is 27.2 Å². The highest BCUT2D eigenvalue weighted by molar-refractivity contribution is 7.99. The Hall–Kier alpha value is -1.50. The van der Waals surface area contributed by atoms with E-state index in [1.807, 2.05) is 13.2 Å². The summed E-state index contributed by atoms with van der Waals surface area (Å²) in [7, 11) is 3.49. The van der Waals surface area contributed by atoms with Gasteiger partial charge in [0.15, 0.2) is 11.0 Å². The molecule has 2 rings (SSSR count). The largest absolute Gasteiger partial charge is 0.479 e. The molecule has 0 N–H and O–H groups in total. The van der Waals surface area contributed by atoms with Crippen molar-refractivity contribution in [1.29, 1.82) is 0 Å². The summed E-state index contributed by atoms with van der Waals surface area (Å²) in [6.45, 7) is 7.29. The molecule has 0 aliphatic rings. The Morgan fingerprint density at radius 2 is 2.10 bits per heavy atom. The molecule has 0 fully saturated rings. The molecule has 0 saturated carbocycles. The van der Waals surface area contributed by atoms with Crippen molar-refractivity contribution in [3.63, 3.8) is 0 Å². The van der Waals surface area contributed by atoms with Gasteiger partial charge in [-0.15, -0.1) is 15.3 Å². The van der Waals surface area contributed by atoms with Crippen LogP contribution in [-0.4, -0.2) is 36.9 Å². The van der Waals surface area contributed by atoms with Gasteiger partial charge in [0.1, 0.15) is 5.56 Å². The van der Waals surface area contributed by atoms with Crippen LogP contribution in [0, 0.1) is 0 Å². The van der Waals surface area contributed by atoms with E-state index in [1.54, 1.807) is 23.6 Å². The van der Waals surface area contributed by atoms with Gasteiger partial charge in [0.05, 0.1) is 7.11 Å². The lowest BCUT2D eigenvalue weighted by molar-refractivity contribution is 0.393. The maximum Gasteiger partial charge on any atom is 0.243 e. The van der Waals surface area contributed by atoms with E-state index in [9.17, 15) is 0 Å². The molecule has 0 amide bonds. The molecule has 0 aliphatic heterocycles. The van der Waals surface area contributed by atoms with E-state index in [0.29, 0.717) is 11.1 Å². The second kappa shape index (κ2) is 6.30. The summed E-state index contributed by atoms with van der Waals surface area (Å²) in [5.41, 5.74) is 0.875. The number of hydrogen-bond acceptors (Lipinski definition) is 5. The molecule has 2 heterocycles. The highest BCUT2D eigenvalue weighted by Gasteiger charge is 2.20. The molecule has 110 valence electrons. The van der Waals surface area contributed by atoms with E-state index in [-0.39, 0.29) is 0 Å². The molecular formula is C13H21N5OS. The zero-order valence-corrected chi connectivity index (χ0v) is 13.4. The first-order valence-corrected chi connectivity index (χ1v) is 7.66. The zero-order chi connectivity index (χ0) is 14.7. The van der Waals surface area contributed by atoms with Gasteiger partial charge in [0.25, 0.3) is 0 Å². The summed E-state index contributed by atoms with van der Waals surface area (Å²) in [4.78, 5) is 0. The number of thioether (sulfide) groups is 1. The highest BCUT2D eigenvalue weighted by atomic mass is 32.2. The van der Waals surface area contributed by atoms with E-state index in [0.717, 1.165) is 29.5 Å². The molecule has 2 aromatic heterocycles. The van der Waals surface area contributed by atoms with Gasteiger partial charge in [-0.05, 0) is 13.3 Å². The van der Waals surface area contributed by atoms with Crippen LogP contribution in [-0.2, 0) is 13.6 Å². The average molecular weight is 295 g/mol. The second-order valence-electron chi connectivity index (χ2n) is 4.61. The Bertz CT molecular complexity index is 577. The fourth-order valence-corrected chi connectivity index (χ4v) is 2.85. The molecule has 0 aliphatic carbocycles. The van der Waals surface area contributed by atoms with Crippen LogP contribution >= 0.6 is 11.8 Å². The topological polar surface area (TPSA) is 57.8 Å². The van der Waals surface area contributed by atoms with Gasteiger partial charge < -0.3 is 9.30 Å². The number of methoxy groups -OCH3 is 1. The Labute approximate surface area is 123 Å². The van der Waals surface area contributed by atoms with Gasteiger partial charge in [-0.2, -0.15) is 0 Å². The maximum atomic E-state index is 5.31. The predicted octanol–water partition coefficient (Wildman–Crippen LogP) is 2.60. The Morgan fingerprint density at radius 3 is 2.70 bits per heavy atom. The smallest absolute Gasteiger partial charge is 0.243 e. The van der Waals surface area contributed by atoms with Crippen molar-refractivity contribution in [3.8, 4) is 17.3 Å². The number of aromatic nitrogens is 5. The predicted molar refractivity (Wildman–Crippen MR) is 80.1 cm³/mol. The summed E-state index contributed by atoms with van der Waals surface area (Å²) in [6.07, 6.45) is 3.01. The number of aryl methyl sites for hydroxylation is 1. The Morgan fingerprint density at radius 1 is 1.35 bits per heavy atom. The lowest BCUT2D eigenvalue weighted by atomic mass is 10.3. The van der Waals surface area contributed by atoms with Crippen molar-refractivity contribution >= 4 is 11.8 Å². The highest BCUT2D eigenvalue weighted by Crippen LogP contribution is 2.31. The maximum absolute atomic E-state index is 5.31. The summed E-state index contributed by atoms with van der Waals surface area (Å²) in [5, 5.41) is 14.4. The molecule has 1 unspecified atom stereocenters. The normalized spacial score (nSPS) is 12.7. The second-order valence-corrected chi connectivity index (χ2v) is 6.02. The minimum absolute atomic E-state index is 0.521. The third-order valence-electron chi connectivity index (χ3n) is 3.14. The fourth-order valence-electron chi connectivity index (χ4n) is 1.90. The van der Waals surface area contributed by atoms with Crippen molar-refractivity contribution in [2.24, 2.45) is 7.05 Å². The molecule has 0 bridgehead atoms. The van der Waals surface area contributed by atoms with Crippen LogP contribution < -0.4 is 4.74 Å². The van der Waals surface area contributed by atoms with Gasteiger partial charge in [-0.25, -0.2) is 0 Å². The molecule has 6 nitrogen and oxygen atoms in total. The van der Waals surface area contributed by atoms with Gasteiger partial charge in [0.2, 0.25) is 5.88 Å². The van der Waals surface area contributed by atoms with E-state index in [1.165, 1.54) is 0 Å². The van der Waals surface area contributed by atoms with E-state index in [2.05, 4.69) is 40.6 Å². The molecular weight excluding hydrogens is 274 g/mol. The van der Waals surface area contributed by atoms with Crippen LogP contribution in [0.3, 0.4) is 0 Å². The van der Waals surface area contributed by atoms with Crippen molar-refractivity contribution in [2.45, 2.75) is 44.1 Å². The summed E-state index contributed by atoms with van der Waals surface area (Å²) in [6, 6.07) is 0. The van der Waals surface area contributed by atoms with Gasteiger partial charge >= 0.3 is 0 Å². The Kier molecular flexibility index (Phi) is 4.69. The van der Waals surface area contributed by atoms with Crippen molar-refractivity contribution in [2.75, 3.05) is 7.11 Å². The average Bonchev–Trinajstić information content (AvgIpc) is 3.01. The molecule has 0 radical (unpaired) electrons. The van der Waals surface area contributed by atoms with Crippen LogP contribution in [0.25, 0.3) is 11.4 Å². The van der Waals surface area contributed by atoms with Crippen LogP contribution in [0.2, 0.25) is 0 Å². The monoisotopic (exact) mass is 295 g/mol. The van der Waals surface area contributed by atoms with E-state index in [4.69, 9.17) is 4.74 Å².